The molecule has 26 heavy (non-hydrogen) atoms. The first kappa shape index (κ1) is 15.5. The number of benzene rings is 1. The van der Waals surface area contributed by atoms with Gasteiger partial charge in [0.25, 0.3) is 5.91 Å². The molecule has 3 aliphatic rings. The van der Waals surface area contributed by atoms with Crippen LogP contribution < -0.4 is 15.0 Å². The van der Waals surface area contributed by atoms with Crippen molar-refractivity contribution in [2.24, 2.45) is 0 Å². The largest absolute Gasteiger partial charge is 0.469 e. The molecule has 1 amide bonds. The van der Waals surface area contributed by atoms with Gasteiger partial charge in [-0.05, 0) is 49.9 Å². The highest BCUT2D eigenvalue weighted by Crippen LogP contribution is 2.40. The fourth-order valence-corrected chi connectivity index (χ4v) is 4.05. The van der Waals surface area contributed by atoms with Gasteiger partial charge in [0, 0.05) is 36.7 Å². The predicted molar refractivity (Wildman–Crippen MR) is 100 cm³/mol. The Morgan fingerprint density at radius 2 is 2.12 bits per heavy atom. The molecule has 0 aliphatic carbocycles. The second-order valence-corrected chi connectivity index (χ2v) is 7.34. The maximum atomic E-state index is 12.6. The van der Waals surface area contributed by atoms with Crippen LogP contribution in [0, 0.1) is 0 Å². The summed E-state index contributed by atoms with van der Waals surface area (Å²) in [5, 5.41) is 3.50. The lowest BCUT2D eigenvalue weighted by Gasteiger charge is -2.17. The summed E-state index contributed by atoms with van der Waals surface area (Å²) in [5.74, 6) is 1.50. The maximum Gasteiger partial charge on any atom is 0.255 e. The number of nitrogens with one attached hydrogen (secondary N) is 1. The highest BCUT2D eigenvalue weighted by Gasteiger charge is 2.28. The number of hydrogen-bond acceptors (Lipinski definition) is 5. The van der Waals surface area contributed by atoms with Gasteiger partial charge >= 0.3 is 0 Å². The summed E-state index contributed by atoms with van der Waals surface area (Å²) in [6.07, 6.45) is 4.90. The Morgan fingerprint density at radius 3 is 2.96 bits per heavy atom. The Labute approximate surface area is 152 Å². The van der Waals surface area contributed by atoms with Gasteiger partial charge in [-0.1, -0.05) is 6.07 Å². The molecule has 0 radical (unpaired) electrons. The van der Waals surface area contributed by atoms with Gasteiger partial charge in [0.1, 0.15) is 0 Å². The van der Waals surface area contributed by atoms with Crippen molar-refractivity contribution in [1.29, 1.82) is 0 Å². The van der Waals surface area contributed by atoms with E-state index in [-0.39, 0.29) is 5.91 Å². The van der Waals surface area contributed by atoms with E-state index in [1.54, 1.807) is 6.20 Å². The zero-order chi connectivity index (χ0) is 17.7. The monoisotopic (exact) mass is 350 g/mol. The molecule has 1 N–H and O–H groups in total. The van der Waals surface area contributed by atoms with Gasteiger partial charge in [-0.25, -0.2) is 4.98 Å². The number of rotatable bonds is 2. The van der Waals surface area contributed by atoms with Crippen LogP contribution in [0.25, 0.3) is 0 Å². The van der Waals surface area contributed by atoms with Crippen molar-refractivity contribution < 1.29 is 9.53 Å². The van der Waals surface area contributed by atoms with Crippen molar-refractivity contribution in [2.75, 3.05) is 30.0 Å². The third-order valence-electron chi connectivity index (χ3n) is 5.41. The van der Waals surface area contributed by atoms with E-state index in [4.69, 9.17) is 4.74 Å². The van der Waals surface area contributed by atoms with E-state index < -0.39 is 0 Å². The van der Waals surface area contributed by atoms with E-state index in [1.165, 1.54) is 11.3 Å². The van der Waals surface area contributed by atoms with Crippen LogP contribution in [0.5, 0.6) is 5.75 Å². The molecule has 1 fully saturated rings. The molecular formula is C20H22N4O2. The zero-order valence-corrected chi connectivity index (χ0v) is 14.9. The van der Waals surface area contributed by atoms with Crippen LogP contribution in [-0.2, 0) is 6.42 Å². The molecule has 2 aromatic rings. The van der Waals surface area contributed by atoms with Gasteiger partial charge in [-0.15, -0.1) is 0 Å². The Bertz CT molecular complexity index is 876. The first-order valence-electron chi connectivity index (χ1n) is 9.28. The predicted octanol–water partition coefficient (Wildman–Crippen LogP) is 3.16. The summed E-state index contributed by atoms with van der Waals surface area (Å²) in [6, 6.07) is 8.74. The van der Waals surface area contributed by atoms with Crippen molar-refractivity contribution in [2.45, 2.75) is 32.2 Å². The quantitative estimate of drug-likeness (QED) is 0.902. The lowest BCUT2D eigenvalue weighted by molar-refractivity contribution is 0.0792. The van der Waals surface area contributed by atoms with Crippen LogP contribution in [-0.4, -0.2) is 41.7 Å². The first-order valence-corrected chi connectivity index (χ1v) is 9.28. The van der Waals surface area contributed by atoms with Crippen LogP contribution in [0.3, 0.4) is 0 Å². The molecule has 1 atom stereocenters. The van der Waals surface area contributed by atoms with Crippen molar-refractivity contribution in [3.05, 3.63) is 41.6 Å². The van der Waals surface area contributed by atoms with Gasteiger partial charge in [0.2, 0.25) is 0 Å². The first-order chi connectivity index (χ1) is 12.7. The number of anilines is 3. The molecule has 0 unspecified atom stereocenters. The smallest absolute Gasteiger partial charge is 0.255 e. The molecule has 134 valence electrons. The third-order valence-corrected chi connectivity index (χ3v) is 5.41. The van der Waals surface area contributed by atoms with Gasteiger partial charge in [-0.3, -0.25) is 9.69 Å². The Hall–Kier alpha value is -2.76. The molecule has 3 aliphatic heterocycles. The van der Waals surface area contributed by atoms with Crippen molar-refractivity contribution >= 4 is 23.1 Å². The zero-order valence-electron chi connectivity index (χ0n) is 14.9. The molecule has 6 nitrogen and oxygen atoms in total. The Kier molecular flexibility index (Phi) is 3.51. The highest BCUT2D eigenvalue weighted by molar-refractivity contribution is 5.95. The number of aromatic nitrogens is 1. The standard InChI is InChI=1S/C20H22N4O2/c1-13-8-14-4-5-16(10-17(14)22-13)24-12-26-18-9-15(11-21-19(18)24)20(25)23-6-2-3-7-23/h4-5,9-11,13,22H,2-3,6-8,12H2,1H3/t13-/m0/s1. The SMILES string of the molecule is C[C@H]1Cc2ccc(N3COc4cc(C(=O)N5CCCC5)cnc43)cc2N1. The number of carbonyl (C=O) groups excluding carboxylic acids is 1. The number of likely N-dealkylation sites (tertiary alicyclic amines) is 1. The summed E-state index contributed by atoms with van der Waals surface area (Å²) >= 11 is 0. The fourth-order valence-electron chi connectivity index (χ4n) is 4.05. The summed E-state index contributed by atoms with van der Waals surface area (Å²) in [6.45, 7) is 4.28. The minimum absolute atomic E-state index is 0.0515. The summed E-state index contributed by atoms with van der Waals surface area (Å²) < 4.78 is 5.83. The van der Waals surface area contributed by atoms with Crippen LogP contribution >= 0.6 is 0 Å². The lowest BCUT2D eigenvalue weighted by Crippen LogP contribution is -2.27. The van der Waals surface area contributed by atoms with Crippen molar-refractivity contribution in [1.82, 2.24) is 9.88 Å². The Balaban J connectivity index is 1.42. The molecule has 1 saturated heterocycles. The van der Waals surface area contributed by atoms with Gasteiger partial charge in [0.15, 0.2) is 18.3 Å². The van der Waals surface area contributed by atoms with Crippen LogP contribution in [0.2, 0.25) is 0 Å². The number of carbonyl (C=O) groups is 1. The molecular weight excluding hydrogens is 328 g/mol. The highest BCUT2D eigenvalue weighted by atomic mass is 16.5. The molecule has 0 spiro atoms. The number of fused-ring (bicyclic) bond motifs is 2. The molecule has 4 heterocycles. The van der Waals surface area contributed by atoms with E-state index in [0.717, 1.165) is 43.9 Å². The summed E-state index contributed by atoms with van der Waals surface area (Å²) in [4.78, 5) is 21.1. The second kappa shape index (κ2) is 5.90. The topological polar surface area (TPSA) is 57.7 Å². The van der Waals surface area contributed by atoms with Crippen LogP contribution in [0.15, 0.2) is 30.5 Å². The molecule has 0 saturated carbocycles. The van der Waals surface area contributed by atoms with Crippen molar-refractivity contribution in [3.8, 4) is 5.75 Å². The van der Waals surface area contributed by atoms with Crippen LogP contribution in [0.4, 0.5) is 17.2 Å². The van der Waals surface area contributed by atoms with E-state index in [2.05, 4.69) is 35.4 Å². The molecule has 6 heteroatoms. The van der Waals surface area contributed by atoms with E-state index in [1.807, 2.05) is 15.9 Å². The lowest BCUT2D eigenvalue weighted by atomic mass is 10.1. The number of nitrogens with zero attached hydrogens (tertiary/aromatic N) is 3. The summed E-state index contributed by atoms with van der Waals surface area (Å²) in [5.41, 5.74) is 4.19. The van der Waals surface area contributed by atoms with Crippen molar-refractivity contribution in [3.63, 3.8) is 0 Å². The fraction of sp³-hybridized carbons (Fsp3) is 0.400. The van der Waals surface area contributed by atoms with Gasteiger partial charge in [-0.2, -0.15) is 0 Å². The van der Waals surface area contributed by atoms with Gasteiger partial charge < -0.3 is 15.0 Å². The van der Waals surface area contributed by atoms with Crippen LogP contribution in [0.1, 0.15) is 35.7 Å². The number of hydrogen-bond donors (Lipinski definition) is 1. The van der Waals surface area contributed by atoms with Gasteiger partial charge in [0.05, 0.1) is 5.56 Å². The number of ether oxygens (including phenoxy) is 1. The Morgan fingerprint density at radius 1 is 1.27 bits per heavy atom. The average Bonchev–Trinajstić information content (AvgIpc) is 3.38. The normalized spacial score (nSPS) is 20.6. The molecule has 5 rings (SSSR count). The number of amides is 1. The molecule has 1 aromatic carbocycles. The molecule has 1 aromatic heterocycles. The number of pyridine rings is 1. The third kappa shape index (κ3) is 2.48. The van der Waals surface area contributed by atoms with E-state index in [9.17, 15) is 4.79 Å². The second-order valence-electron chi connectivity index (χ2n) is 7.34. The minimum atomic E-state index is 0.0515. The molecule has 0 bridgehead atoms. The minimum Gasteiger partial charge on any atom is -0.469 e. The summed E-state index contributed by atoms with van der Waals surface area (Å²) in [7, 11) is 0. The van der Waals surface area contributed by atoms with E-state index >= 15 is 0 Å². The van der Waals surface area contributed by atoms with E-state index in [0.29, 0.717) is 24.1 Å². The average molecular weight is 350 g/mol. The maximum absolute atomic E-state index is 12.6.